The Balaban J connectivity index is 1.61. The Labute approximate surface area is 178 Å². The molecule has 146 valence electrons. The summed E-state index contributed by atoms with van der Waals surface area (Å²) in [5, 5.41) is 25.1. The van der Waals surface area contributed by atoms with E-state index in [1.165, 1.54) is 0 Å². The van der Waals surface area contributed by atoms with E-state index in [1.54, 1.807) is 22.8 Å². The first-order valence-corrected chi connectivity index (χ1v) is 9.70. The SMILES string of the molecule is N#Cc1cccc(Nc2c(-c3ccc(-c4ccccc4)cc3)nc3c(C#N)c[nH]n23)c1. The quantitative estimate of drug-likeness (QED) is 0.417. The van der Waals surface area contributed by atoms with Crippen molar-refractivity contribution in [2.24, 2.45) is 0 Å². The number of benzene rings is 3. The number of aromatic amines is 1. The molecular formula is C25H16N6. The number of nitriles is 2. The molecule has 2 heterocycles. The van der Waals surface area contributed by atoms with Crippen molar-refractivity contribution in [3.05, 3.63) is 96.2 Å². The second kappa shape index (κ2) is 7.55. The van der Waals surface area contributed by atoms with Crippen molar-refractivity contribution in [2.45, 2.75) is 0 Å². The van der Waals surface area contributed by atoms with Gasteiger partial charge in [0.15, 0.2) is 11.5 Å². The van der Waals surface area contributed by atoms with E-state index < -0.39 is 0 Å². The van der Waals surface area contributed by atoms with E-state index in [-0.39, 0.29) is 0 Å². The highest BCUT2D eigenvalue weighted by Crippen LogP contribution is 2.33. The first-order valence-electron chi connectivity index (χ1n) is 9.70. The highest BCUT2D eigenvalue weighted by molar-refractivity contribution is 5.82. The van der Waals surface area contributed by atoms with Gasteiger partial charge in [0.05, 0.1) is 11.6 Å². The number of hydrogen-bond acceptors (Lipinski definition) is 4. The number of hydrogen-bond donors (Lipinski definition) is 2. The van der Waals surface area contributed by atoms with Crippen LogP contribution in [0.15, 0.2) is 85.1 Å². The first kappa shape index (κ1) is 18.2. The molecule has 0 aliphatic rings. The van der Waals surface area contributed by atoms with Crippen LogP contribution in [0.5, 0.6) is 0 Å². The zero-order valence-corrected chi connectivity index (χ0v) is 16.4. The van der Waals surface area contributed by atoms with Gasteiger partial charge in [-0.15, -0.1) is 0 Å². The molecule has 0 saturated carbocycles. The lowest BCUT2D eigenvalue weighted by atomic mass is 10.0. The van der Waals surface area contributed by atoms with Crippen LogP contribution in [-0.4, -0.2) is 14.6 Å². The standard InChI is InChI=1S/C25H16N6/c26-14-17-5-4-8-22(13-17)29-25-23(30-24-21(15-27)16-28-31(24)25)20-11-9-19(10-12-20)18-6-2-1-3-7-18/h1-13,16,28-29H. The highest BCUT2D eigenvalue weighted by Gasteiger charge is 2.18. The fraction of sp³-hybridized carbons (Fsp3) is 0. The molecule has 0 spiro atoms. The number of rotatable bonds is 4. The number of H-pyrrole nitrogens is 1. The fourth-order valence-corrected chi connectivity index (χ4v) is 3.57. The number of imidazole rings is 1. The Kier molecular flexibility index (Phi) is 4.44. The number of nitrogens with zero attached hydrogens (tertiary/aromatic N) is 4. The van der Waals surface area contributed by atoms with Gasteiger partial charge in [-0.3, -0.25) is 5.10 Å². The molecule has 6 nitrogen and oxygen atoms in total. The maximum Gasteiger partial charge on any atom is 0.173 e. The molecule has 0 atom stereocenters. The summed E-state index contributed by atoms with van der Waals surface area (Å²) in [4.78, 5) is 4.74. The average molecular weight is 400 g/mol. The lowest BCUT2D eigenvalue weighted by Crippen LogP contribution is -1.98. The Morgan fingerprint density at radius 1 is 0.806 bits per heavy atom. The Hall–Kier alpha value is -4.81. The number of anilines is 2. The van der Waals surface area contributed by atoms with Gasteiger partial charge >= 0.3 is 0 Å². The third-order valence-electron chi connectivity index (χ3n) is 5.10. The van der Waals surface area contributed by atoms with Gasteiger partial charge < -0.3 is 5.32 Å². The topological polar surface area (TPSA) is 92.7 Å². The van der Waals surface area contributed by atoms with E-state index in [9.17, 15) is 10.5 Å². The smallest absolute Gasteiger partial charge is 0.173 e. The molecule has 0 unspecified atom stereocenters. The van der Waals surface area contributed by atoms with Crippen LogP contribution in [0.2, 0.25) is 0 Å². The van der Waals surface area contributed by atoms with Gasteiger partial charge in [0.25, 0.3) is 0 Å². The second-order valence-corrected chi connectivity index (χ2v) is 7.03. The molecule has 5 rings (SSSR count). The monoisotopic (exact) mass is 400 g/mol. The maximum atomic E-state index is 9.44. The molecular weight excluding hydrogens is 384 g/mol. The van der Waals surface area contributed by atoms with Crippen LogP contribution in [0.25, 0.3) is 28.0 Å². The van der Waals surface area contributed by atoms with Crippen LogP contribution in [0, 0.1) is 22.7 Å². The molecule has 0 bridgehead atoms. The minimum Gasteiger partial charge on any atom is -0.338 e. The predicted octanol–water partition coefficient (Wildman–Crippen LogP) is 5.48. The van der Waals surface area contributed by atoms with E-state index >= 15 is 0 Å². The van der Waals surface area contributed by atoms with Gasteiger partial charge in [-0.05, 0) is 29.3 Å². The molecule has 0 saturated heterocycles. The zero-order chi connectivity index (χ0) is 21.2. The summed E-state index contributed by atoms with van der Waals surface area (Å²) in [6.07, 6.45) is 1.63. The molecule has 2 N–H and O–H groups in total. The van der Waals surface area contributed by atoms with Gasteiger partial charge in [-0.25, -0.2) is 9.50 Å². The predicted molar refractivity (Wildman–Crippen MR) is 120 cm³/mol. The molecule has 0 radical (unpaired) electrons. The number of nitrogens with one attached hydrogen (secondary N) is 2. The Bertz CT molecular complexity index is 1460. The summed E-state index contributed by atoms with van der Waals surface area (Å²) in [5.74, 6) is 0.694. The Morgan fingerprint density at radius 3 is 2.29 bits per heavy atom. The Morgan fingerprint density at radius 2 is 1.55 bits per heavy atom. The summed E-state index contributed by atoms with van der Waals surface area (Å²) in [6, 6.07) is 29.9. The first-order chi connectivity index (χ1) is 15.3. The van der Waals surface area contributed by atoms with E-state index in [4.69, 9.17) is 4.98 Å². The van der Waals surface area contributed by atoms with E-state index in [0.29, 0.717) is 28.3 Å². The molecule has 0 aliphatic heterocycles. The maximum absolute atomic E-state index is 9.44. The minimum absolute atomic E-state index is 0.459. The summed E-state index contributed by atoms with van der Waals surface area (Å²) in [7, 11) is 0. The average Bonchev–Trinajstić information content (AvgIpc) is 3.40. The fourth-order valence-electron chi connectivity index (χ4n) is 3.57. The third-order valence-corrected chi connectivity index (χ3v) is 5.10. The van der Waals surface area contributed by atoms with Crippen molar-refractivity contribution in [3.63, 3.8) is 0 Å². The van der Waals surface area contributed by atoms with Crippen LogP contribution in [0.1, 0.15) is 11.1 Å². The van der Waals surface area contributed by atoms with Gasteiger partial charge in [0, 0.05) is 17.4 Å². The van der Waals surface area contributed by atoms with Crippen molar-refractivity contribution in [2.75, 3.05) is 5.32 Å². The number of aromatic nitrogens is 3. The van der Waals surface area contributed by atoms with Gasteiger partial charge in [-0.2, -0.15) is 10.5 Å². The molecule has 6 heteroatoms. The molecule has 0 fully saturated rings. The number of fused-ring (bicyclic) bond motifs is 1. The summed E-state index contributed by atoms with van der Waals surface area (Å²) < 4.78 is 1.75. The van der Waals surface area contributed by atoms with Crippen molar-refractivity contribution < 1.29 is 0 Å². The van der Waals surface area contributed by atoms with Gasteiger partial charge in [-0.1, -0.05) is 60.7 Å². The highest BCUT2D eigenvalue weighted by atomic mass is 15.3. The lowest BCUT2D eigenvalue weighted by Gasteiger charge is -2.09. The van der Waals surface area contributed by atoms with Crippen molar-refractivity contribution in [1.82, 2.24) is 14.6 Å². The third kappa shape index (κ3) is 3.29. The van der Waals surface area contributed by atoms with Crippen LogP contribution in [-0.2, 0) is 0 Å². The molecule has 2 aromatic heterocycles. The zero-order valence-electron chi connectivity index (χ0n) is 16.4. The van der Waals surface area contributed by atoms with Gasteiger partial charge in [0.2, 0.25) is 0 Å². The van der Waals surface area contributed by atoms with Crippen molar-refractivity contribution in [1.29, 1.82) is 10.5 Å². The summed E-state index contributed by atoms with van der Waals surface area (Å²) in [6.45, 7) is 0. The van der Waals surface area contributed by atoms with Crippen LogP contribution in [0.3, 0.4) is 0 Å². The summed E-state index contributed by atoms with van der Waals surface area (Å²) >= 11 is 0. The minimum atomic E-state index is 0.459. The lowest BCUT2D eigenvalue weighted by molar-refractivity contribution is 0.980. The second-order valence-electron chi connectivity index (χ2n) is 7.03. The van der Waals surface area contributed by atoms with Crippen LogP contribution >= 0.6 is 0 Å². The van der Waals surface area contributed by atoms with Crippen LogP contribution in [0.4, 0.5) is 11.5 Å². The largest absolute Gasteiger partial charge is 0.338 e. The molecule has 31 heavy (non-hydrogen) atoms. The molecule has 5 aromatic rings. The molecule has 0 amide bonds. The summed E-state index contributed by atoms with van der Waals surface area (Å²) in [5.41, 5.74) is 6.21. The van der Waals surface area contributed by atoms with Crippen LogP contribution < -0.4 is 5.32 Å². The normalized spacial score (nSPS) is 10.5. The van der Waals surface area contributed by atoms with E-state index in [1.807, 2.05) is 42.5 Å². The van der Waals surface area contributed by atoms with E-state index in [2.05, 4.69) is 46.8 Å². The van der Waals surface area contributed by atoms with Gasteiger partial charge in [0.1, 0.15) is 17.3 Å². The molecule has 3 aromatic carbocycles. The van der Waals surface area contributed by atoms with E-state index in [0.717, 1.165) is 22.4 Å². The van der Waals surface area contributed by atoms with Crippen molar-refractivity contribution in [3.8, 4) is 34.5 Å². The van der Waals surface area contributed by atoms with Crippen molar-refractivity contribution >= 4 is 17.2 Å². The molecule has 0 aliphatic carbocycles.